The zero-order valence-electron chi connectivity index (χ0n) is 15.9. The highest BCUT2D eigenvalue weighted by Crippen LogP contribution is 2.23. The van der Waals surface area contributed by atoms with E-state index in [1.54, 1.807) is 0 Å². The zero-order valence-corrected chi connectivity index (χ0v) is 15.9. The molecular formula is C22H24N2O4. The second-order valence-corrected chi connectivity index (χ2v) is 7.02. The van der Waals surface area contributed by atoms with Crippen LogP contribution in [0.15, 0.2) is 54.6 Å². The van der Waals surface area contributed by atoms with E-state index in [0.29, 0.717) is 13.0 Å². The van der Waals surface area contributed by atoms with E-state index in [2.05, 4.69) is 0 Å². The predicted molar refractivity (Wildman–Crippen MR) is 105 cm³/mol. The lowest BCUT2D eigenvalue weighted by Gasteiger charge is -2.35. The molecule has 28 heavy (non-hydrogen) atoms. The molecule has 0 bridgehead atoms. The summed E-state index contributed by atoms with van der Waals surface area (Å²) in [5, 5.41) is 9.60. The summed E-state index contributed by atoms with van der Waals surface area (Å²) in [6.07, 6.45) is 0.917. The van der Waals surface area contributed by atoms with E-state index in [4.69, 9.17) is 0 Å². The van der Waals surface area contributed by atoms with Crippen LogP contribution in [0.4, 0.5) is 0 Å². The van der Waals surface area contributed by atoms with Crippen LogP contribution in [0.3, 0.4) is 0 Å². The molecule has 6 nitrogen and oxygen atoms in total. The largest absolute Gasteiger partial charge is 0.480 e. The minimum atomic E-state index is -1.03. The maximum Gasteiger partial charge on any atom is 0.326 e. The van der Waals surface area contributed by atoms with Gasteiger partial charge in [-0.1, -0.05) is 54.6 Å². The lowest BCUT2D eigenvalue weighted by Crippen LogP contribution is -2.52. The molecule has 0 fully saturated rings. The molecule has 0 saturated heterocycles. The van der Waals surface area contributed by atoms with Gasteiger partial charge in [0, 0.05) is 26.4 Å². The summed E-state index contributed by atoms with van der Waals surface area (Å²) in [5.41, 5.74) is 2.98. The molecule has 0 aromatic heterocycles. The maximum atomic E-state index is 12.9. The number of carboxylic acid groups (broad SMARTS) is 1. The van der Waals surface area contributed by atoms with E-state index in [1.807, 2.05) is 54.6 Å². The minimum Gasteiger partial charge on any atom is -0.480 e. The highest BCUT2D eigenvalue weighted by Gasteiger charge is 2.35. The van der Waals surface area contributed by atoms with Gasteiger partial charge in [-0.15, -0.1) is 0 Å². The normalized spacial score (nSPS) is 15.6. The Bertz CT molecular complexity index is 866. The number of fused-ring (bicyclic) bond motifs is 1. The maximum absolute atomic E-state index is 12.9. The van der Waals surface area contributed by atoms with Gasteiger partial charge in [0.15, 0.2) is 0 Å². The molecule has 146 valence electrons. The van der Waals surface area contributed by atoms with Crippen LogP contribution in [-0.2, 0) is 33.8 Å². The van der Waals surface area contributed by atoms with E-state index < -0.39 is 12.0 Å². The molecule has 1 N–H and O–H groups in total. The topological polar surface area (TPSA) is 77.9 Å². The van der Waals surface area contributed by atoms with Crippen molar-refractivity contribution in [2.24, 2.45) is 0 Å². The van der Waals surface area contributed by atoms with Crippen LogP contribution in [0.2, 0.25) is 0 Å². The molecule has 0 aliphatic carbocycles. The second-order valence-electron chi connectivity index (χ2n) is 7.02. The van der Waals surface area contributed by atoms with Crippen LogP contribution in [-0.4, -0.2) is 51.8 Å². The number of rotatable bonds is 6. The summed E-state index contributed by atoms with van der Waals surface area (Å²) in [4.78, 5) is 39.5. The Morgan fingerprint density at radius 2 is 1.68 bits per heavy atom. The van der Waals surface area contributed by atoms with Gasteiger partial charge in [-0.2, -0.15) is 0 Å². The highest BCUT2D eigenvalue weighted by molar-refractivity contribution is 5.88. The molecule has 2 aromatic rings. The van der Waals surface area contributed by atoms with E-state index >= 15 is 0 Å². The molecule has 1 atom stereocenters. The molecule has 6 heteroatoms. The molecule has 2 aromatic carbocycles. The number of hydrogen-bond donors (Lipinski definition) is 1. The summed E-state index contributed by atoms with van der Waals surface area (Å²) < 4.78 is 0. The lowest BCUT2D eigenvalue weighted by molar-refractivity contribution is -0.152. The summed E-state index contributed by atoms with van der Waals surface area (Å²) in [6.45, 7) is 1.97. The number of hydrogen-bond acceptors (Lipinski definition) is 3. The number of aliphatic carboxylic acids is 1. The molecule has 0 spiro atoms. The van der Waals surface area contributed by atoms with Crippen molar-refractivity contribution < 1.29 is 19.5 Å². The fourth-order valence-electron chi connectivity index (χ4n) is 3.52. The Morgan fingerprint density at radius 3 is 2.32 bits per heavy atom. The van der Waals surface area contributed by atoms with Gasteiger partial charge in [-0.05, 0) is 23.1 Å². The van der Waals surface area contributed by atoms with Crippen molar-refractivity contribution in [3.63, 3.8) is 0 Å². The monoisotopic (exact) mass is 380 g/mol. The molecule has 1 aliphatic rings. The molecule has 3 rings (SSSR count). The first-order valence-electron chi connectivity index (χ1n) is 9.34. The first kappa shape index (κ1) is 19.6. The molecule has 0 saturated carbocycles. The van der Waals surface area contributed by atoms with Crippen LogP contribution in [0.5, 0.6) is 0 Å². The predicted octanol–water partition coefficient (Wildman–Crippen LogP) is 2.12. The van der Waals surface area contributed by atoms with E-state index in [0.717, 1.165) is 16.7 Å². The molecule has 1 heterocycles. The quantitative estimate of drug-likeness (QED) is 0.833. The number of amides is 2. The van der Waals surface area contributed by atoms with Crippen molar-refractivity contribution in [3.8, 4) is 0 Å². The highest BCUT2D eigenvalue weighted by atomic mass is 16.4. The Kier molecular flexibility index (Phi) is 6.09. The number of carbonyl (C=O) groups excluding carboxylic acids is 2. The van der Waals surface area contributed by atoms with Crippen molar-refractivity contribution >= 4 is 17.8 Å². The van der Waals surface area contributed by atoms with Crippen molar-refractivity contribution in [2.75, 3.05) is 13.1 Å². The molecule has 2 amide bonds. The summed E-state index contributed by atoms with van der Waals surface area (Å²) >= 11 is 0. The first-order chi connectivity index (χ1) is 13.5. The van der Waals surface area contributed by atoms with Gasteiger partial charge < -0.3 is 14.9 Å². The number of carbonyl (C=O) groups is 3. The van der Waals surface area contributed by atoms with E-state index in [9.17, 15) is 19.5 Å². The first-order valence-corrected chi connectivity index (χ1v) is 9.34. The number of benzene rings is 2. The summed E-state index contributed by atoms with van der Waals surface area (Å²) in [7, 11) is 0. The van der Waals surface area contributed by atoms with Gasteiger partial charge in [0.2, 0.25) is 11.8 Å². The summed E-state index contributed by atoms with van der Waals surface area (Å²) in [6, 6.07) is 16.4. The molecule has 1 unspecified atom stereocenters. The number of carboxylic acids is 1. The van der Waals surface area contributed by atoms with Gasteiger partial charge in [0.25, 0.3) is 0 Å². The third-order valence-corrected chi connectivity index (χ3v) is 5.14. The fourth-order valence-corrected chi connectivity index (χ4v) is 3.52. The van der Waals surface area contributed by atoms with Crippen LogP contribution in [0, 0.1) is 0 Å². The average molecular weight is 380 g/mol. The van der Waals surface area contributed by atoms with Gasteiger partial charge in [0.1, 0.15) is 6.04 Å². The van der Waals surface area contributed by atoms with Crippen molar-refractivity contribution in [3.05, 3.63) is 71.3 Å². The van der Waals surface area contributed by atoms with Crippen LogP contribution in [0.25, 0.3) is 0 Å². The Morgan fingerprint density at radius 1 is 1.04 bits per heavy atom. The second kappa shape index (κ2) is 8.69. The third-order valence-electron chi connectivity index (χ3n) is 5.14. The Labute approximate surface area is 164 Å². The summed E-state index contributed by atoms with van der Waals surface area (Å²) in [5.74, 6) is -1.57. The standard InChI is InChI=1S/C22H24N2O4/c1-16(25)23(12-11-17-7-3-2-4-8-17)15-21(26)24-14-19-10-6-5-9-18(19)13-20(24)22(27)28/h2-10,20H,11-15H2,1H3,(H,27,28). The SMILES string of the molecule is CC(=O)N(CCc1ccccc1)CC(=O)N1Cc2ccccc2CC1C(=O)O. The third kappa shape index (κ3) is 4.57. The number of nitrogens with zero attached hydrogens (tertiary/aromatic N) is 2. The molecule has 0 radical (unpaired) electrons. The van der Waals surface area contributed by atoms with E-state index in [1.165, 1.54) is 16.7 Å². The Hall–Kier alpha value is -3.15. The zero-order chi connectivity index (χ0) is 20.1. The van der Waals surface area contributed by atoms with E-state index in [-0.39, 0.29) is 31.3 Å². The average Bonchev–Trinajstić information content (AvgIpc) is 2.70. The lowest BCUT2D eigenvalue weighted by atomic mass is 9.94. The van der Waals surface area contributed by atoms with Gasteiger partial charge >= 0.3 is 5.97 Å². The molecular weight excluding hydrogens is 356 g/mol. The van der Waals surface area contributed by atoms with Crippen LogP contribution >= 0.6 is 0 Å². The van der Waals surface area contributed by atoms with Crippen LogP contribution in [0.1, 0.15) is 23.6 Å². The van der Waals surface area contributed by atoms with Crippen molar-refractivity contribution in [1.82, 2.24) is 9.80 Å². The Balaban J connectivity index is 1.71. The van der Waals surface area contributed by atoms with Gasteiger partial charge in [-0.25, -0.2) is 4.79 Å². The van der Waals surface area contributed by atoms with Crippen molar-refractivity contribution in [2.45, 2.75) is 32.4 Å². The fraction of sp³-hybridized carbons (Fsp3) is 0.318. The van der Waals surface area contributed by atoms with Crippen LogP contribution < -0.4 is 0 Å². The van der Waals surface area contributed by atoms with Gasteiger partial charge in [-0.3, -0.25) is 9.59 Å². The minimum absolute atomic E-state index is 0.117. The smallest absolute Gasteiger partial charge is 0.326 e. The van der Waals surface area contributed by atoms with Crippen molar-refractivity contribution in [1.29, 1.82) is 0 Å². The molecule has 1 aliphatic heterocycles. The van der Waals surface area contributed by atoms with Gasteiger partial charge in [0.05, 0.1) is 6.54 Å².